The molecular formula is C16H22BrNS. The Bertz CT molecular complexity index is 467. The van der Waals surface area contributed by atoms with Crippen LogP contribution in [0.3, 0.4) is 0 Å². The van der Waals surface area contributed by atoms with Crippen molar-refractivity contribution < 1.29 is 0 Å². The van der Waals surface area contributed by atoms with Gasteiger partial charge in [0.15, 0.2) is 0 Å². The van der Waals surface area contributed by atoms with Crippen molar-refractivity contribution in [2.45, 2.75) is 51.0 Å². The Kier molecular flexibility index (Phi) is 3.28. The Hall–Kier alpha value is 0.140. The Balaban J connectivity index is 1.55. The van der Waals surface area contributed by atoms with E-state index in [4.69, 9.17) is 0 Å². The summed E-state index contributed by atoms with van der Waals surface area (Å²) in [4.78, 5) is 1.57. The molecule has 3 aliphatic carbocycles. The molecule has 3 aliphatic rings. The SMILES string of the molecule is Brc1ccsc1CC1(CNC2CC2)CC2CCC1C2. The number of hydrogen-bond acceptors (Lipinski definition) is 2. The minimum absolute atomic E-state index is 0.568. The van der Waals surface area contributed by atoms with Crippen molar-refractivity contribution >= 4 is 27.3 Å². The number of halogens is 1. The van der Waals surface area contributed by atoms with Crippen LogP contribution in [0, 0.1) is 17.3 Å². The predicted molar refractivity (Wildman–Crippen MR) is 84.6 cm³/mol. The Morgan fingerprint density at radius 3 is 2.79 bits per heavy atom. The molecule has 19 heavy (non-hydrogen) atoms. The van der Waals surface area contributed by atoms with Crippen LogP contribution in [0.25, 0.3) is 0 Å². The van der Waals surface area contributed by atoms with Gasteiger partial charge in [0.05, 0.1) is 0 Å². The number of nitrogens with one attached hydrogen (secondary N) is 1. The molecule has 2 bridgehead atoms. The lowest BCUT2D eigenvalue weighted by molar-refractivity contribution is 0.156. The largest absolute Gasteiger partial charge is 0.313 e. The minimum atomic E-state index is 0.568. The van der Waals surface area contributed by atoms with Crippen LogP contribution in [0.5, 0.6) is 0 Å². The molecule has 0 amide bonds. The maximum atomic E-state index is 3.85. The van der Waals surface area contributed by atoms with E-state index in [1.807, 2.05) is 11.3 Å². The molecule has 0 aromatic carbocycles. The lowest BCUT2D eigenvalue weighted by Gasteiger charge is -2.38. The van der Waals surface area contributed by atoms with E-state index in [-0.39, 0.29) is 0 Å². The van der Waals surface area contributed by atoms with E-state index in [0.717, 1.165) is 17.9 Å². The van der Waals surface area contributed by atoms with E-state index in [0.29, 0.717) is 5.41 Å². The van der Waals surface area contributed by atoms with Gasteiger partial charge in [-0.15, -0.1) is 11.3 Å². The molecule has 0 spiro atoms. The fraction of sp³-hybridized carbons (Fsp3) is 0.750. The smallest absolute Gasteiger partial charge is 0.0314 e. The summed E-state index contributed by atoms with van der Waals surface area (Å²) in [6.45, 7) is 1.27. The van der Waals surface area contributed by atoms with Crippen LogP contribution in [0.15, 0.2) is 15.9 Å². The molecule has 1 nitrogen and oxygen atoms in total. The van der Waals surface area contributed by atoms with Crippen molar-refractivity contribution in [3.63, 3.8) is 0 Å². The first-order chi connectivity index (χ1) is 9.25. The van der Waals surface area contributed by atoms with Crippen LogP contribution in [-0.4, -0.2) is 12.6 Å². The standard InChI is InChI=1S/C16H22BrNS/c17-14-5-6-19-15(14)9-16(10-18-13-3-4-13)8-11-1-2-12(16)7-11/h5-6,11-13,18H,1-4,7-10H2. The summed E-state index contributed by atoms with van der Waals surface area (Å²) < 4.78 is 1.34. The van der Waals surface area contributed by atoms with Crippen molar-refractivity contribution in [3.8, 4) is 0 Å². The van der Waals surface area contributed by atoms with E-state index in [9.17, 15) is 0 Å². The second kappa shape index (κ2) is 4.85. The van der Waals surface area contributed by atoms with E-state index in [1.165, 1.54) is 56.0 Å². The van der Waals surface area contributed by atoms with Gasteiger partial charge in [-0.05, 0) is 83.2 Å². The highest BCUT2D eigenvalue weighted by Gasteiger charge is 2.51. The molecule has 1 aromatic rings. The molecule has 3 unspecified atom stereocenters. The molecule has 0 radical (unpaired) electrons. The number of hydrogen-bond donors (Lipinski definition) is 1. The topological polar surface area (TPSA) is 12.0 Å². The van der Waals surface area contributed by atoms with E-state index in [2.05, 4.69) is 32.7 Å². The third-order valence-corrected chi connectivity index (χ3v) is 7.55. The molecule has 4 rings (SSSR count). The molecule has 104 valence electrons. The molecule has 1 aromatic heterocycles. The summed E-state index contributed by atoms with van der Waals surface area (Å²) in [6, 6.07) is 3.07. The second-order valence-corrected chi connectivity index (χ2v) is 8.82. The normalized spacial score (nSPS) is 37.1. The Labute approximate surface area is 128 Å². The first kappa shape index (κ1) is 12.8. The van der Waals surface area contributed by atoms with Gasteiger partial charge in [-0.2, -0.15) is 0 Å². The molecule has 1 N–H and O–H groups in total. The quantitative estimate of drug-likeness (QED) is 0.825. The van der Waals surface area contributed by atoms with Crippen molar-refractivity contribution in [2.75, 3.05) is 6.54 Å². The van der Waals surface area contributed by atoms with E-state index in [1.54, 1.807) is 4.88 Å². The van der Waals surface area contributed by atoms with Crippen LogP contribution >= 0.6 is 27.3 Å². The Morgan fingerprint density at radius 1 is 1.32 bits per heavy atom. The van der Waals surface area contributed by atoms with E-state index < -0.39 is 0 Å². The molecule has 3 fully saturated rings. The maximum Gasteiger partial charge on any atom is 0.0314 e. The average molecular weight is 340 g/mol. The van der Waals surface area contributed by atoms with Gasteiger partial charge in [0.1, 0.15) is 0 Å². The van der Waals surface area contributed by atoms with Gasteiger partial charge >= 0.3 is 0 Å². The summed E-state index contributed by atoms with van der Waals surface area (Å²) in [6.07, 6.45) is 10.1. The van der Waals surface area contributed by atoms with Crippen LogP contribution in [-0.2, 0) is 6.42 Å². The highest BCUT2D eigenvalue weighted by Crippen LogP contribution is 2.57. The molecule has 3 heteroatoms. The highest BCUT2D eigenvalue weighted by atomic mass is 79.9. The number of thiophene rings is 1. The zero-order valence-corrected chi connectivity index (χ0v) is 13.7. The fourth-order valence-electron chi connectivity index (χ4n) is 4.46. The maximum absolute atomic E-state index is 3.85. The second-order valence-electron chi connectivity index (χ2n) is 6.97. The summed E-state index contributed by atoms with van der Waals surface area (Å²) in [5.41, 5.74) is 0.568. The summed E-state index contributed by atoms with van der Waals surface area (Å²) in [7, 11) is 0. The van der Waals surface area contributed by atoms with Crippen LogP contribution in [0.1, 0.15) is 43.4 Å². The summed E-state index contributed by atoms with van der Waals surface area (Å²) in [5, 5.41) is 6.08. The molecule has 0 aliphatic heterocycles. The van der Waals surface area contributed by atoms with Crippen LogP contribution in [0.4, 0.5) is 0 Å². The van der Waals surface area contributed by atoms with Crippen molar-refractivity contribution in [3.05, 3.63) is 20.8 Å². The summed E-state index contributed by atoms with van der Waals surface area (Å²) >= 11 is 5.67. The van der Waals surface area contributed by atoms with Gasteiger partial charge in [0.2, 0.25) is 0 Å². The lowest BCUT2D eigenvalue weighted by atomic mass is 9.70. The molecule has 1 heterocycles. The van der Waals surface area contributed by atoms with E-state index >= 15 is 0 Å². The zero-order valence-electron chi connectivity index (χ0n) is 11.3. The fourth-order valence-corrected chi connectivity index (χ4v) is 6.11. The molecular weight excluding hydrogens is 318 g/mol. The third kappa shape index (κ3) is 2.43. The third-order valence-electron chi connectivity index (χ3n) is 5.63. The van der Waals surface area contributed by atoms with Crippen LogP contribution in [0.2, 0.25) is 0 Å². The first-order valence-corrected chi connectivity index (χ1v) is 9.38. The van der Waals surface area contributed by atoms with Gasteiger partial charge in [-0.3, -0.25) is 0 Å². The van der Waals surface area contributed by atoms with Crippen molar-refractivity contribution in [2.24, 2.45) is 17.3 Å². The minimum Gasteiger partial charge on any atom is -0.313 e. The summed E-state index contributed by atoms with van der Waals surface area (Å²) in [5.74, 6) is 2.02. The molecule has 0 saturated heterocycles. The van der Waals surface area contributed by atoms with Gasteiger partial charge < -0.3 is 5.32 Å². The van der Waals surface area contributed by atoms with Crippen LogP contribution < -0.4 is 5.32 Å². The first-order valence-electron chi connectivity index (χ1n) is 7.70. The average Bonchev–Trinajstić information content (AvgIpc) is 2.83. The molecule has 3 atom stereocenters. The lowest BCUT2D eigenvalue weighted by Crippen LogP contribution is -2.41. The Morgan fingerprint density at radius 2 is 2.21 bits per heavy atom. The van der Waals surface area contributed by atoms with Crippen molar-refractivity contribution in [1.29, 1.82) is 0 Å². The van der Waals surface area contributed by atoms with Crippen molar-refractivity contribution in [1.82, 2.24) is 5.32 Å². The van der Waals surface area contributed by atoms with Gasteiger partial charge in [0.25, 0.3) is 0 Å². The highest BCUT2D eigenvalue weighted by molar-refractivity contribution is 9.10. The zero-order chi connectivity index (χ0) is 12.9. The van der Waals surface area contributed by atoms with Gasteiger partial charge in [0, 0.05) is 21.9 Å². The number of fused-ring (bicyclic) bond motifs is 2. The monoisotopic (exact) mass is 339 g/mol. The molecule has 3 saturated carbocycles. The van der Waals surface area contributed by atoms with Gasteiger partial charge in [-0.1, -0.05) is 6.42 Å². The van der Waals surface area contributed by atoms with Gasteiger partial charge in [-0.25, -0.2) is 0 Å². The number of rotatable bonds is 5. The predicted octanol–water partition coefficient (Wildman–Crippen LogP) is 4.61.